The molecule has 0 aliphatic carbocycles. The molecule has 18 heavy (non-hydrogen) atoms. The maximum atomic E-state index is 11.1. The highest BCUT2D eigenvalue weighted by molar-refractivity contribution is 5.70. The lowest BCUT2D eigenvalue weighted by Crippen LogP contribution is -2.23. The number of aliphatic hydroxyl groups is 2. The summed E-state index contributed by atoms with van der Waals surface area (Å²) in [6.45, 7) is 1.87. The van der Waals surface area contributed by atoms with Gasteiger partial charge in [-0.25, -0.2) is 0 Å². The predicted octanol–water partition coefficient (Wildman–Crippen LogP) is 0.301. The van der Waals surface area contributed by atoms with Crippen molar-refractivity contribution in [2.75, 3.05) is 6.61 Å². The van der Waals surface area contributed by atoms with Crippen molar-refractivity contribution in [2.24, 2.45) is 0 Å². The SMILES string of the molecule is CCOC(=O)CC(O)C(O)c1ccc(C#N)cn1. The molecule has 0 amide bonds. The van der Waals surface area contributed by atoms with E-state index in [-0.39, 0.29) is 18.7 Å². The number of carbonyl (C=O) groups excluding carboxylic acids is 1. The number of nitriles is 1. The first-order valence-corrected chi connectivity index (χ1v) is 5.46. The quantitative estimate of drug-likeness (QED) is 0.728. The van der Waals surface area contributed by atoms with E-state index in [1.54, 1.807) is 6.92 Å². The van der Waals surface area contributed by atoms with E-state index in [4.69, 9.17) is 5.26 Å². The normalized spacial score (nSPS) is 13.4. The van der Waals surface area contributed by atoms with E-state index in [9.17, 15) is 15.0 Å². The molecule has 2 N–H and O–H groups in total. The lowest BCUT2D eigenvalue weighted by atomic mass is 10.1. The van der Waals surface area contributed by atoms with Crippen LogP contribution in [0.5, 0.6) is 0 Å². The fourth-order valence-electron chi connectivity index (χ4n) is 1.35. The molecule has 1 aromatic rings. The summed E-state index contributed by atoms with van der Waals surface area (Å²) >= 11 is 0. The Bertz CT molecular complexity index is 438. The third-order valence-corrected chi connectivity index (χ3v) is 2.26. The van der Waals surface area contributed by atoms with Crippen molar-refractivity contribution in [3.8, 4) is 6.07 Å². The molecular formula is C12H14N2O4. The average molecular weight is 250 g/mol. The molecule has 2 atom stereocenters. The number of rotatable bonds is 5. The van der Waals surface area contributed by atoms with E-state index in [0.717, 1.165) is 0 Å². The van der Waals surface area contributed by atoms with Crippen LogP contribution >= 0.6 is 0 Å². The number of carbonyl (C=O) groups is 1. The van der Waals surface area contributed by atoms with Gasteiger partial charge in [-0.15, -0.1) is 0 Å². The minimum atomic E-state index is -1.29. The first kappa shape index (κ1) is 14.1. The molecule has 6 heteroatoms. The van der Waals surface area contributed by atoms with Crippen LogP contribution in [0.3, 0.4) is 0 Å². The standard InChI is InChI=1S/C12H14N2O4/c1-2-18-11(16)5-10(15)12(17)9-4-3-8(6-13)7-14-9/h3-4,7,10,12,15,17H,2,5H2,1H3. The summed E-state index contributed by atoms with van der Waals surface area (Å²) < 4.78 is 4.66. The summed E-state index contributed by atoms with van der Waals surface area (Å²) in [7, 11) is 0. The Kier molecular flexibility index (Phi) is 5.24. The van der Waals surface area contributed by atoms with E-state index in [2.05, 4.69) is 9.72 Å². The average Bonchev–Trinajstić information content (AvgIpc) is 2.38. The molecule has 1 aromatic heterocycles. The van der Waals surface area contributed by atoms with Crippen molar-refractivity contribution >= 4 is 5.97 Å². The monoisotopic (exact) mass is 250 g/mol. The van der Waals surface area contributed by atoms with Crippen molar-refractivity contribution in [3.05, 3.63) is 29.6 Å². The number of esters is 1. The van der Waals surface area contributed by atoms with E-state index < -0.39 is 18.2 Å². The molecule has 0 bridgehead atoms. The van der Waals surface area contributed by atoms with Gasteiger partial charge >= 0.3 is 5.97 Å². The van der Waals surface area contributed by atoms with Crippen molar-refractivity contribution in [2.45, 2.75) is 25.6 Å². The second-order valence-electron chi connectivity index (χ2n) is 3.60. The molecule has 0 aliphatic heterocycles. The summed E-state index contributed by atoms with van der Waals surface area (Å²) in [6, 6.07) is 4.79. The molecular weight excluding hydrogens is 236 g/mol. The summed E-state index contributed by atoms with van der Waals surface area (Å²) in [5.41, 5.74) is 0.552. The Hall–Kier alpha value is -1.97. The molecule has 0 saturated carbocycles. The topological polar surface area (TPSA) is 103 Å². The van der Waals surface area contributed by atoms with Crippen molar-refractivity contribution < 1.29 is 19.7 Å². The summed E-state index contributed by atoms with van der Waals surface area (Å²) in [5.74, 6) is -0.585. The summed E-state index contributed by atoms with van der Waals surface area (Å²) in [4.78, 5) is 15.0. The summed E-state index contributed by atoms with van der Waals surface area (Å²) in [6.07, 6.45) is -1.60. The molecule has 0 spiro atoms. The molecule has 0 radical (unpaired) electrons. The minimum Gasteiger partial charge on any atom is -0.466 e. The lowest BCUT2D eigenvalue weighted by Gasteiger charge is -2.16. The summed E-state index contributed by atoms with van der Waals surface area (Å²) in [5, 5.41) is 28.0. The van der Waals surface area contributed by atoms with Gasteiger partial charge in [-0.1, -0.05) is 0 Å². The molecule has 96 valence electrons. The van der Waals surface area contributed by atoms with Gasteiger partial charge in [0.2, 0.25) is 0 Å². The van der Waals surface area contributed by atoms with Crippen LogP contribution in [0.25, 0.3) is 0 Å². The van der Waals surface area contributed by atoms with Gasteiger partial charge in [0, 0.05) is 6.20 Å². The van der Waals surface area contributed by atoms with Crippen LogP contribution in [0.1, 0.15) is 30.7 Å². The number of pyridine rings is 1. The van der Waals surface area contributed by atoms with Gasteiger partial charge in [0.15, 0.2) is 0 Å². The van der Waals surface area contributed by atoms with Crippen molar-refractivity contribution in [1.82, 2.24) is 4.98 Å². The van der Waals surface area contributed by atoms with Gasteiger partial charge in [0.25, 0.3) is 0 Å². The van der Waals surface area contributed by atoms with E-state index in [1.165, 1.54) is 18.3 Å². The van der Waals surface area contributed by atoms with E-state index in [1.807, 2.05) is 6.07 Å². The number of aromatic nitrogens is 1. The Morgan fingerprint density at radius 2 is 2.28 bits per heavy atom. The highest BCUT2D eigenvalue weighted by Crippen LogP contribution is 2.17. The number of hydrogen-bond donors (Lipinski definition) is 2. The fraction of sp³-hybridized carbons (Fsp3) is 0.417. The minimum absolute atomic E-state index is 0.200. The zero-order valence-electron chi connectivity index (χ0n) is 9.91. The van der Waals surface area contributed by atoms with Gasteiger partial charge in [0.05, 0.1) is 30.4 Å². The van der Waals surface area contributed by atoms with E-state index in [0.29, 0.717) is 5.56 Å². The Morgan fingerprint density at radius 1 is 1.56 bits per heavy atom. The Balaban J connectivity index is 2.65. The largest absolute Gasteiger partial charge is 0.466 e. The Morgan fingerprint density at radius 3 is 2.78 bits per heavy atom. The third kappa shape index (κ3) is 3.80. The molecule has 1 rings (SSSR count). The Labute approximate surface area is 104 Å². The maximum Gasteiger partial charge on any atom is 0.308 e. The van der Waals surface area contributed by atoms with Crippen LogP contribution in [0, 0.1) is 11.3 Å². The molecule has 2 unspecified atom stereocenters. The maximum absolute atomic E-state index is 11.1. The van der Waals surface area contributed by atoms with Crippen LogP contribution in [-0.4, -0.2) is 33.9 Å². The third-order valence-electron chi connectivity index (χ3n) is 2.26. The van der Waals surface area contributed by atoms with Crippen molar-refractivity contribution in [1.29, 1.82) is 5.26 Å². The number of aliphatic hydroxyl groups excluding tert-OH is 2. The molecule has 1 heterocycles. The molecule has 0 aromatic carbocycles. The van der Waals surface area contributed by atoms with Gasteiger partial charge in [-0.3, -0.25) is 9.78 Å². The number of ether oxygens (including phenoxy) is 1. The smallest absolute Gasteiger partial charge is 0.308 e. The molecule has 0 aliphatic rings. The van der Waals surface area contributed by atoms with Gasteiger partial charge in [-0.05, 0) is 19.1 Å². The molecule has 6 nitrogen and oxygen atoms in total. The first-order chi connectivity index (χ1) is 8.58. The van der Waals surface area contributed by atoms with Crippen molar-refractivity contribution in [3.63, 3.8) is 0 Å². The first-order valence-electron chi connectivity index (χ1n) is 5.46. The highest BCUT2D eigenvalue weighted by atomic mass is 16.5. The van der Waals surface area contributed by atoms with Crippen LogP contribution in [-0.2, 0) is 9.53 Å². The zero-order chi connectivity index (χ0) is 13.5. The second-order valence-corrected chi connectivity index (χ2v) is 3.60. The number of nitrogens with zero attached hydrogens (tertiary/aromatic N) is 2. The predicted molar refractivity (Wildman–Crippen MR) is 61.2 cm³/mol. The lowest BCUT2D eigenvalue weighted by molar-refractivity contribution is -0.147. The van der Waals surface area contributed by atoms with E-state index >= 15 is 0 Å². The van der Waals surface area contributed by atoms with Crippen LogP contribution in [0.15, 0.2) is 18.3 Å². The highest BCUT2D eigenvalue weighted by Gasteiger charge is 2.23. The molecule has 0 saturated heterocycles. The van der Waals surface area contributed by atoms with Gasteiger partial charge < -0.3 is 14.9 Å². The fourth-order valence-corrected chi connectivity index (χ4v) is 1.35. The van der Waals surface area contributed by atoms with Crippen LogP contribution < -0.4 is 0 Å². The van der Waals surface area contributed by atoms with Crippen LogP contribution in [0.2, 0.25) is 0 Å². The van der Waals surface area contributed by atoms with Gasteiger partial charge in [-0.2, -0.15) is 5.26 Å². The second kappa shape index (κ2) is 6.69. The van der Waals surface area contributed by atoms with Crippen LogP contribution in [0.4, 0.5) is 0 Å². The number of hydrogen-bond acceptors (Lipinski definition) is 6. The zero-order valence-corrected chi connectivity index (χ0v) is 9.91. The van der Waals surface area contributed by atoms with Gasteiger partial charge in [0.1, 0.15) is 12.2 Å². The molecule has 0 fully saturated rings.